The predicted molar refractivity (Wildman–Crippen MR) is 105 cm³/mol. The van der Waals surface area contributed by atoms with Crippen LogP contribution in [0.25, 0.3) is 11.0 Å². The summed E-state index contributed by atoms with van der Waals surface area (Å²) in [6.07, 6.45) is 1.81. The molecule has 1 aliphatic rings. The standard InChI is InChI=1S/C21H23N3O3/c1-26-14-13-24-19-10-4-3-9-17(19)22-21(24)23-12-6-8-15-16(20(25)27-2)7-5-11-18(15)23/h3-5,7,9-11H,6,8,12-14H2,1-2H3. The van der Waals surface area contributed by atoms with Crippen molar-refractivity contribution in [3.05, 3.63) is 53.6 Å². The van der Waals surface area contributed by atoms with Crippen LogP contribution in [0.1, 0.15) is 22.3 Å². The van der Waals surface area contributed by atoms with Gasteiger partial charge in [-0.15, -0.1) is 0 Å². The number of hydrogen-bond donors (Lipinski definition) is 0. The largest absolute Gasteiger partial charge is 0.465 e. The maximum absolute atomic E-state index is 12.2. The SMILES string of the molecule is COCCn1c(N2CCCc3c(C(=O)OC)cccc32)nc2ccccc21. The van der Waals surface area contributed by atoms with Crippen LogP contribution >= 0.6 is 0 Å². The van der Waals surface area contributed by atoms with E-state index in [1.807, 2.05) is 30.3 Å². The van der Waals surface area contributed by atoms with Crippen LogP contribution in [-0.4, -0.2) is 42.9 Å². The smallest absolute Gasteiger partial charge is 0.338 e. The molecule has 0 unspecified atom stereocenters. The molecule has 4 rings (SSSR count). The van der Waals surface area contributed by atoms with Crippen LogP contribution < -0.4 is 4.90 Å². The normalized spacial score (nSPS) is 13.6. The highest BCUT2D eigenvalue weighted by Gasteiger charge is 2.26. The van der Waals surface area contributed by atoms with Crippen molar-refractivity contribution >= 4 is 28.6 Å². The number of fused-ring (bicyclic) bond motifs is 2. The van der Waals surface area contributed by atoms with E-state index < -0.39 is 0 Å². The summed E-state index contributed by atoms with van der Waals surface area (Å²) in [7, 11) is 3.13. The Bertz CT molecular complexity index is 980. The molecular formula is C21H23N3O3. The average Bonchev–Trinajstić information content (AvgIpc) is 3.09. The summed E-state index contributed by atoms with van der Waals surface area (Å²) < 4.78 is 12.5. The fraction of sp³-hybridized carbons (Fsp3) is 0.333. The molecule has 27 heavy (non-hydrogen) atoms. The lowest BCUT2D eigenvalue weighted by atomic mass is 9.96. The highest BCUT2D eigenvalue weighted by Crippen LogP contribution is 2.36. The Kier molecular flexibility index (Phi) is 4.81. The van der Waals surface area contributed by atoms with Gasteiger partial charge in [0.15, 0.2) is 0 Å². The highest BCUT2D eigenvalue weighted by molar-refractivity contribution is 5.93. The second-order valence-corrected chi connectivity index (χ2v) is 6.59. The minimum absolute atomic E-state index is 0.290. The van der Waals surface area contributed by atoms with E-state index in [0.29, 0.717) is 12.2 Å². The van der Waals surface area contributed by atoms with E-state index in [1.54, 1.807) is 7.11 Å². The molecule has 0 N–H and O–H groups in total. The molecule has 1 aliphatic heterocycles. The summed E-state index contributed by atoms with van der Waals surface area (Å²) in [5.41, 5.74) is 4.74. The first-order chi connectivity index (χ1) is 13.2. The van der Waals surface area contributed by atoms with Crippen molar-refractivity contribution in [1.82, 2.24) is 9.55 Å². The minimum Gasteiger partial charge on any atom is -0.465 e. The van der Waals surface area contributed by atoms with Crippen molar-refractivity contribution in [1.29, 1.82) is 0 Å². The molecule has 0 saturated heterocycles. The van der Waals surface area contributed by atoms with Gasteiger partial charge in [-0.1, -0.05) is 18.2 Å². The molecule has 0 fully saturated rings. The number of carbonyl (C=O) groups is 1. The fourth-order valence-corrected chi connectivity index (χ4v) is 3.81. The van der Waals surface area contributed by atoms with Crippen LogP contribution in [0, 0.1) is 0 Å². The molecule has 3 aromatic rings. The van der Waals surface area contributed by atoms with E-state index in [0.717, 1.165) is 54.2 Å². The van der Waals surface area contributed by atoms with Gasteiger partial charge in [0.05, 0.1) is 30.3 Å². The molecular weight excluding hydrogens is 342 g/mol. The number of para-hydroxylation sites is 2. The second kappa shape index (κ2) is 7.40. The van der Waals surface area contributed by atoms with Gasteiger partial charge < -0.3 is 18.9 Å². The van der Waals surface area contributed by atoms with Crippen molar-refractivity contribution < 1.29 is 14.3 Å². The number of methoxy groups -OCH3 is 2. The van der Waals surface area contributed by atoms with Crippen LogP contribution in [-0.2, 0) is 22.4 Å². The van der Waals surface area contributed by atoms with E-state index in [-0.39, 0.29) is 5.97 Å². The molecule has 2 heterocycles. The Balaban J connectivity index is 1.85. The summed E-state index contributed by atoms with van der Waals surface area (Å²) in [6, 6.07) is 13.9. The summed E-state index contributed by atoms with van der Waals surface area (Å²) in [5, 5.41) is 0. The Hall–Kier alpha value is -2.86. The Morgan fingerprint density at radius 1 is 1.15 bits per heavy atom. The van der Waals surface area contributed by atoms with Crippen LogP contribution in [0.5, 0.6) is 0 Å². The van der Waals surface area contributed by atoms with Crippen LogP contribution in [0.2, 0.25) is 0 Å². The molecule has 0 bridgehead atoms. The average molecular weight is 365 g/mol. The van der Waals surface area contributed by atoms with Crippen molar-refractivity contribution in [2.24, 2.45) is 0 Å². The Morgan fingerprint density at radius 2 is 2.00 bits per heavy atom. The third kappa shape index (κ3) is 3.06. The number of esters is 1. The molecule has 0 radical (unpaired) electrons. The van der Waals surface area contributed by atoms with Crippen LogP contribution in [0.15, 0.2) is 42.5 Å². The van der Waals surface area contributed by atoms with Gasteiger partial charge in [-0.3, -0.25) is 0 Å². The summed E-state index contributed by atoms with van der Waals surface area (Å²) in [6.45, 7) is 2.18. The molecule has 0 amide bonds. The second-order valence-electron chi connectivity index (χ2n) is 6.59. The van der Waals surface area contributed by atoms with Gasteiger partial charge in [-0.25, -0.2) is 9.78 Å². The van der Waals surface area contributed by atoms with Crippen LogP contribution in [0.4, 0.5) is 11.6 Å². The van der Waals surface area contributed by atoms with E-state index in [1.165, 1.54) is 7.11 Å². The number of imidazole rings is 1. The number of carbonyl (C=O) groups excluding carboxylic acids is 1. The van der Waals surface area contributed by atoms with Crippen molar-refractivity contribution in [2.75, 3.05) is 32.3 Å². The van der Waals surface area contributed by atoms with Crippen LogP contribution in [0.3, 0.4) is 0 Å². The van der Waals surface area contributed by atoms with E-state index in [4.69, 9.17) is 14.5 Å². The zero-order valence-corrected chi connectivity index (χ0v) is 15.6. The highest BCUT2D eigenvalue weighted by atomic mass is 16.5. The number of rotatable bonds is 5. The lowest BCUT2D eigenvalue weighted by Crippen LogP contribution is -2.29. The van der Waals surface area contributed by atoms with Gasteiger partial charge in [-0.2, -0.15) is 0 Å². The molecule has 6 nitrogen and oxygen atoms in total. The molecule has 0 saturated carbocycles. The maximum atomic E-state index is 12.2. The molecule has 140 valence electrons. The van der Waals surface area contributed by atoms with Crippen molar-refractivity contribution in [3.63, 3.8) is 0 Å². The number of hydrogen-bond acceptors (Lipinski definition) is 5. The first-order valence-electron chi connectivity index (χ1n) is 9.16. The van der Waals surface area contributed by atoms with E-state index in [9.17, 15) is 4.79 Å². The van der Waals surface area contributed by atoms with Gasteiger partial charge >= 0.3 is 5.97 Å². The lowest BCUT2D eigenvalue weighted by molar-refractivity contribution is 0.0599. The number of anilines is 2. The molecule has 0 spiro atoms. The minimum atomic E-state index is -0.290. The van der Waals surface area contributed by atoms with Crippen molar-refractivity contribution in [2.45, 2.75) is 19.4 Å². The lowest BCUT2D eigenvalue weighted by Gasteiger charge is -2.31. The van der Waals surface area contributed by atoms with Gasteiger partial charge in [0.25, 0.3) is 0 Å². The van der Waals surface area contributed by atoms with Gasteiger partial charge in [0.1, 0.15) is 0 Å². The first kappa shape index (κ1) is 17.5. The number of ether oxygens (including phenoxy) is 2. The Labute approximate surface area is 158 Å². The summed E-state index contributed by atoms with van der Waals surface area (Å²) in [5.74, 6) is 0.595. The molecule has 0 aliphatic carbocycles. The zero-order valence-electron chi connectivity index (χ0n) is 15.6. The van der Waals surface area contributed by atoms with E-state index >= 15 is 0 Å². The molecule has 1 aromatic heterocycles. The van der Waals surface area contributed by atoms with E-state index in [2.05, 4.69) is 21.6 Å². The topological polar surface area (TPSA) is 56.6 Å². The predicted octanol–water partition coefficient (Wildman–Crippen LogP) is 3.55. The van der Waals surface area contributed by atoms with Gasteiger partial charge in [0, 0.05) is 25.9 Å². The summed E-state index contributed by atoms with van der Waals surface area (Å²) in [4.78, 5) is 19.3. The molecule has 2 aromatic carbocycles. The van der Waals surface area contributed by atoms with Crippen molar-refractivity contribution in [3.8, 4) is 0 Å². The zero-order chi connectivity index (χ0) is 18.8. The Morgan fingerprint density at radius 3 is 2.81 bits per heavy atom. The monoisotopic (exact) mass is 365 g/mol. The third-order valence-electron chi connectivity index (χ3n) is 5.05. The quantitative estimate of drug-likeness (QED) is 0.647. The number of nitrogens with zero attached hydrogens (tertiary/aromatic N) is 3. The van der Waals surface area contributed by atoms with Gasteiger partial charge in [0.2, 0.25) is 5.95 Å². The summed E-state index contributed by atoms with van der Waals surface area (Å²) >= 11 is 0. The van der Waals surface area contributed by atoms with Gasteiger partial charge in [-0.05, 0) is 42.7 Å². The fourth-order valence-electron chi connectivity index (χ4n) is 3.81. The first-order valence-corrected chi connectivity index (χ1v) is 9.16. The maximum Gasteiger partial charge on any atom is 0.338 e. The molecule has 6 heteroatoms. The number of benzene rings is 2. The number of aromatic nitrogens is 2. The molecule has 0 atom stereocenters. The third-order valence-corrected chi connectivity index (χ3v) is 5.05.